The molecule has 3 rings (SSSR count). The second kappa shape index (κ2) is 11.1. The normalized spacial score (nSPS) is 15.1. The van der Waals surface area contributed by atoms with Gasteiger partial charge in [0.2, 0.25) is 11.8 Å². The average Bonchev–Trinajstić information content (AvgIpc) is 2.80. The number of carbonyl (C=O) groups excluding carboxylic acids is 2. The average molecular weight is 443 g/mol. The highest BCUT2D eigenvalue weighted by molar-refractivity contribution is 8.00. The molecule has 7 heteroatoms. The Hall–Kier alpha value is -2.67. The predicted molar refractivity (Wildman–Crippen MR) is 125 cm³/mol. The Morgan fingerprint density at radius 1 is 1.00 bits per heavy atom. The lowest BCUT2D eigenvalue weighted by molar-refractivity contribution is -0.120. The summed E-state index contributed by atoms with van der Waals surface area (Å²) < 4.78 is 10.5. The number of carbonyl (C=O) groups is 2. The highest BCUT2D eigenvalue weighted by Gasteiger charge is 2.21. The minimum Gasteiger partial charge on any atom is -0.497 e. The molecule has 2 aromatic carbocycles. The van der Waals surface area contributed by atoms with E-state index in [1.54, 1.807) is 32.4 Å². The summed E-state index contributed by atoms with van der Waals surface area (Å²) in [6.45, 7) is 1.85. The summed E-state index contributed by atoms with van der Waals surface area (Å²) >= 11 is 1.44. The first-order chi connectivity index (χ1) is 15.0. The highest BCUT2D eigenvalue weighted by atomic mass is 32.2. The van der Waals surface area contributed by atoms with Crippen LogP contribution in [0.2, 0.25) is 0 Å². The van der Waals surface area contributed by atoms with Gasteiger partial charge in [0.05, 0.1) is 25.2 Å². The van der Waals surface area contributed by atoms with Crippen LogP contribution in [0.4, 0.5) is 11.4 Å². The van der Waals surface area contributed by atoms with E-state index >= 15 is 0 Å². The number of hydrogen-bond donors (Lipinski definition) is 2. The zero-order valence-electron chi connectivity index (χ0n) is 18.3. The fourth-order valence-electron chi connectivity index (χ4n) is 3.65. The first kappa shape index (κ1) is 23.0. The number of benzene rings is 2. The summed E-state index contributed by atoms with van der Waals surface area (Å²) in [4.78, 5) is 26.2. The molecule has 6 nitrogen and oxygen atoms in total. The van der Waals surface area contributed by atoms with Crippen molar-refractivity contribution in [3.8, 4) is 11.5 Å². The van der Waals surface area contributed by atoms with Crippen LogP contribution in [-0.4, -0.2) is 31.3 Å². The molecule has 0 spiro atoms. The number of thioether (sulfide) groups is 1. The molecule has 166 valence electrons. The molecular weight excluding hydrogens is 412 g/mol. The van der Waals surface area contributed by atoms with Crippen molar-refractivity contribution in [1.82, 2.24) is 0 Å². The van der Waals surface area contributed by atoms with Crippen molar-refractivity contribution < 1.29 is 19.1 Å². The third-order valence-corrected chi connectivity index (χ3v) is 6.52. The summed E-state index contributed by atoms with van der Waals surface area (Å²) in [5, 5.41) is 5.61. The molecule has 0 bridgehead atoms. The molecule has 2 aromatic rings. The van der Waals surface area contributed by atoms with E-state index in [0.29, 0.717) is 17.2 Å². The Bertz CT molecular complexity index is 912. The lowest BCUT2D eigenvalue weighted by atomic mass is 9.88. The summed E-state index contributed by atoms with van der Waals surface area (Å²) in [5.41, 5.74) is 1.36. The molecule has 1 unspecified atom stereocenters. The highest BCUT2D eigenvalue weighted by Crippen LogP contribution is 2.31. The Labute approximate surface area is 188 Å². The molecule has 0 saturated heterocycles. The zero-order valence-corrected chi connectivity index (χ0v) is 19.1. The third kappa shape index (κ3) is 6.40. The van der Waals surface area contributed by atoms with Crippen LogP contribution >= 0.6 is 11.8 Å². The maximum absolute atomic E-state index is 12.7. The van der Waals surface area contributed by atoms with Gasteiger partial charge in [-0.1, -0.05) is 25.3 Å². The Morgan fingerprint density at radius 3 is 2.48 bits per heavy atom. The summed E-state index contributed by atoms with van der Waals surface area (Å²) in [6.07, 6.45) is 5.40. The van der Waals surface area contributed by atoms with Crippen molar-refractivity contribution in [1.29, 1.82) is 0 Å². The van der Waals surface area contributed by atoms with Gasteiger partial charge in [-0.2, -0.15) is 0 Å². The van der Waals surface area contributed by atoms with Gasteiger partial charge >= 0.3 is 0 Å². The molecule has 2 N–H and O–H groups in total. The number of methoxy groups -OCH3 is 2. The molecule has 0 aromatic heterocycles. The van der Waals surface area contributed by atoms with E-state index < -0.39 is 0 Å². The molecule has 1 fully saturated rings. The monoisotopic (exact) mass is 442 g/mol. The molecule has 1 saturated carbocycles. The van der Waals surface area contributed by atoms with Crippen LogP contribution in [0.3, 0.4) is 0 Å². The molecule has 1 aliphatic carbocycles. The first-order valence-corrected chi connectivity index (χ1v) is 11.5. The lowest BCUT2D eigenvalue weighted by Crippen LogP contribution is -2.24. The molecule has 1 atom stereocenters. The third-order valence-electron chi connectivity index (χ3n) is 5.43. The standard InChI is InChI=1S/C24H30N2O4S/c1-16(23(27)26-21-13-12-19(29-2)15-22(21)30-3)31-20-11-7-10-18(14-20)25-24(28)17-8-5-4-6-9-17/h7,10-17H,4-6,8-9H2,1-3H3,(H,25,28)(H,26,27). The van der Waals surface area contributed by atoms with E-state index in [-0.39, 0.29) is 23.0 Å². The van der Waals surface area contributed by atoms with Gasteiger partial charge in [0, 0.05) is 22.6 Å². The number of amides is 2. The van der Waals surface area contributed by atoms with Crippen LogP contribution in [0.1, 0.15) is 39.0 Å². The van der Waals surface area contributed by atoms with Crippen LogP contribution in [0, 0.1) is 5.92 Å². The Kier molecular flexibility index (Phi) is 8.23. The van der Waals surface area contributed by atoms with Gasteiger partial charge in [-0.3, -0.25) is 9.59 Å². The Balaban J connectivity index is 1.59. The largest absolute Gasteiger partial charge is 0.497 e. The predicted octanol–water partition coefficient (Wildman–Crippen LogP) is 5.34. The molecular formula is C24H30N2O4S. The van der Waals surface area contributed by atoms with Gasteiger partial charge in [0.25, 0.3) is 0 Å². The van der Waals surface area contributed by atoms with Crippen LogP contribution in [-0.2, 0) is 9.59 Å². The minimum atomic E-state index is -0.337. The number of ether oxygens (including phenoxy) is 2. The van der Waals surface area contributed by atoms with Crippen molar-refractivity contribution >= 4 is 35.0 Å². The summed E-state index contributed by atoms with van der Waals surface area (Å²) in [6, 6.07) is 12.9. The van der Waals surface area contributed by atoms with Gasteiger partial charge in [-0.05, 0) is 50.1 Å². The molecule has 2 amide bonds. The topological polar surface area (TPSA) is 76.7 Å². The quantitative estimate of drug-likeness (QED) is 0.540. The molecule has 31 heavy (non-hydrogen) atoms. The summed E-state index contributed by atoms with van der Waals surface area (Å²) in [5.74, 6) is 1.26. The first-order valence-electron chi connectivity index (χ1n) is 10.6. The maximum Gasteiger partial charge on any atom is 0.237 e. The van der Waals surface area contributed by atoms with Gasteiger partial charge in [-0.15, -0.1) is 11.8 Å². The van der Waals surface area contributed by atoms with Crippen molar-refractivity contribution in [2.45, 2.75) is 49.2 Å². The fraction of sp³-hybridized carbons (Fsp3) is 0.417. The van der Waals surface area contributed by atoms with Crippen LogP contribution in [0.15, 0.2) is 47.4 Å². The summed E-state index contributed by atoms with van der Waals surface area (Å²) in [7, 11) is 3.13. The molecule has 0 aliphatic heterocycles. The van der Waals surface area contributed by atoms with Gasteiger partial charge in [0.1, 0.15) is 11.5 Å². The molecule has 0 heterocycles. The van der Waals surface area contributed by atoms with Crippen molar-refractivity contribution in [3.05, 3.63) is 42.5 Å². The van der Waals surface area contributed by atoms with Crippen molar-refractivity contribution in [2.24, 2.45) is 5.92 Å². The second-order valence-electron chi connectivity index (χ2n) is 7.67. The van der Waals surface area contributed by atoms with Gasteiger partial charge < -0.3 is 20.1 Å². The van der Waals surface area contributed by atoms with Crippen molar-refractivity contribution in [3.63, 3.8) is 0 Å². The molecule has 0 radical (unpaired) electrons. The number of nitrogens with one attached hydrogen (secondary N) is 2. The van der Waals surface area contributed by atoms with E-state index in [1.807, 2.05) is 31.2 Å². The molecule has 1 aliphatic rings. The van der Waals surface area contributed by atoms with E-state index in [2.05, 4.69) is 10.6 Å². The van der Waals surface area contributed by atoms with Crippen LogP contribution in [0.25, 0.3) is 0 Å². The van der Waals surface area contributed by atoms with Gasteiger partial charge in [-0.25, -0.2) is 0 Å². The van der Waals surface area contributed by atoms with Crippen LogP contribution in [0.5, 0.6) is 11.5 Å². The fourth-order valence-corrected chi connectivity index (χ4v) is 4.58. The number of hydrogen-bond acceptors (Lipinski definition) is 5. The van der Waals surface area contributed by atoms with E-state index in [9.17, 15) is 9.59 Å². The number of anilines is 2. The number of rotatable bonds is 8. The van der Waals surface area contributed by atoms with E-state index in [0.717, 1.165) is 36.3 Å². The van der Waals surface area contributed by atoms with Gasteiger partial charge in [0.15, 0.2) is 0 Å². The van der Waals surface area contributed by atoms with Crippen molar-refractivity contribution in [2.75, 3.05) is 24.9 Å². The van der Waals surface area contributed by atoms with E-state index in [4.69, 9.17) is 9.47 Å². The van der Waals surface area contributed by atoms with E-state index in [1.165, 1.54) is 18.2 Å². The zero-order chi connectivity index (χ0) is 22.2. The SMILES string of the molecule is COc1ccc(NC(=O)C(C)Sc2cccc(NC(=O)C3CCCCC3)c2)c(OC)c1. The maximum atomic E-state index is 12.7. The van der Waals surface area contributed by atoms with Crippen LogP contribution < -0.4 is 20.1 Å². The minimum absolute atomic E-state index is 0.0965. The second-order valence-corrected chi connectivity index (χ2v) is 9.08. The Morgan fingerprint density at radius 2 is 1.77 bits per heavy atom. The smallest absolute Gasteiger partial charge is 0.237 e. The lowest BCUT2D eigenvalue weighted by Gasteiger charge is -2.21.